The van der Waals surface area contributed by atoms with E-state index in [-0.39, 0.29) is 18.3 Å². The highest BCUT2D eigenvalue weighted by atomic mass is 35.5. The number of nitrogens with two attached hydrogens (primary N) is 1. The summed E-state index contributed by atoms with van der Waals surface area (Å²) in [6.45, 7) is 0.715. The minimum Gasteiger partial charge on any atom is -0.481 e. The van der Waals surface area contributed by atoms with E-state index >= 15 is 0 Å². The number of aliphatic carboxylic acids is 1. The molecule has 0 aromatic carbocycles. The molecule has 1 aliphatic carbocycles. The Hall–Kier alpha value is -0.280. The average Bonchev–Trinajstić information content (AvgIpc) is 2.05. The molecule has 3 nitrogen and oxygen atoms in total. The summed E-state index contributed by atoms with van der Waals surface area (Å²) in [6, 6.07) is 0. The lowest BCUT2D eigenvalue weighted by Crippen LogP contribution is -2.25. The second-order valence-corrected chi connectivity index (χ2v) is 3.29. The van der Waals surface area contributed by atoms with Crippen molar-refractivity contribution in [1.29, 1.82) is 0 Å². The van der Waals surface area contributed by atoms with Crippen molar-refractivity contribution < 1.29 is 9.90 Å². The fourth-order valence-electron chi connectivity index (χ4n) is 1.65. The Labute approximate surface area is 78.7 Å². The first kappa shape index (κ1) is 11.7. The highest BCUT2D eigenvalue weighted by Crippen LogP contribution is 2.27. The molecule has 0 spiro atoms. The van der Waals surface area contributed by atoms with Crippen LogP contribution in [0.25, 0.3) is 0 Å². The van der Waals surface area contributed by atoms with E-state index in [4.69, 9.17) is 10.8 Å². The predicted octanol–water partition coefficient (Wildman–Crippen LogP) is 1.26. The van der Waals surface area contributed by atoms with E-state index in [0.717, 1.165) is 25.7 Å². The molecule has 0 atom stereocenters. The van der Waals surface area contributed by atoms with E-state index in [0.29, 0.717) is 12.5 Å². The first-order valence-corrected chi connectivity index (χ1v) is 4.17. The predicted molar refractivity (Wildman–Crippen MR) is 49.4 cm³/mol. The summed E-state index contributed by atoms with van der Waals surface area (Å²) in [6.07, 6.45) is 3.62. The summed E-state index contributed by atoms with van der Waals surface area (Å²) in [4.78, 5) is 10.5. The third-order valence-corrected chi connectivity index (χ3v) is 2.53. The van der Waals surface area contributed by atoms with Crippen molar-refractivity contribution in [1.82, 2.24) is 0 Å². The third-order valence-electron chi connectivity index (χ3n) is 2.53. The molecule has 72 valence electrons. The summed E-state index contributed by atoms with van der Waals surface area (Å²) in [5.74, 6) is -0.163. The van der Waals surface area contributed by atoms with E-state index in [1.165, 1.54) is 0 Å². The summed E-state index contributed by atoms with van der Waals surface area (Å²) in [7, 11) is 0. The van der Waals surface area contributed by atoms with Gasteiger partial charge in [0.15, 0.2) is 0 Å². The van der Waals surface area contributed by atoms with Gasteiger partial charge in [0.25, 0.3) is 0 Å². The van der Waals surface area contributed by atoms with Crippen LogP contribution in [0.15, 0.2) is 0 Å². The van der Waals surface area contributed by atoms with Gasteiger partial charge in [-0.25, -0.2) is 0 Å². The number of carboxylic acids is 1. The lowest BCUT2D eigenvalue weighted by Gasteiger charge is -2.24. The molecule has 0 saturated heterocycles. The molecule has 1 fully saturated rings. The first-order valence-electron chi connectivity index (χ1n) is 4.17. The topological polar surface area (TPSA) is 63.3 Å². The van der Waals surface area contributed by atoms with E-state index in [2.05, 4.69) is 0 Å². The molecule has 4 heteroatoms. The minimum absolute atomic E-state index is 0. The molecule has 12 heavy (non-hydrogen) atoms. The number of hydrogen-bond acceptors (Lipinski definition) is 2. The average molecular weight is 194 g/mol. The standard InChI is InChI=1S/C8H15NO2.ClH/c9-5-6-1-3-7(4-2-6)8(10)11;/h6-7H,1-5,9H2,(H,10,11);1H. The van der Waals surface area contributed by atoms with Gasteiger partial charge in [-0.2, -0.15) is 0 Å². The first-order chi connectivity index (χ1) is 5.24. The Bertz CT molecular complexity index is 144. The Kier molecular flexibility index (Phi) is 5.25. The number of hydrogen-bond donors (Lipinski definition) is 2. The maximum atomic E-state index is 10.5. The zero-order chi connectivity index (χ0) is 8.27. The Morgan fingerprint density at radius 2 is 1.83 bits per heavy atom. The molecule has 0 unspecified atom stereocenters. The molecule has 1 saturated carbocycles. The van der Waals surface area contributed by atoms with Gasteiger partial charge in [-0.1, -0.05) is 0 Å². The summed E-state index contributed by atoms with van der Waals surface area (Å²) in [5, 5.41) is 8.67. The van der Waals surface area contributed by atoms with Crippen LogP contribution >= 0.6 is 12.4 Å². The normalized spacial score (nSPS) is 29.1. The highest BCUT2D eigenvalue weighted by molar-refractivity contribution is 5.85. The van der Waals surface area contributed by atoms with Gasteiger partial charge in [-0.15, -0.1) is 12.4 Å². The minimum atomic E-state index is -0.638. The quantitative estimate of drug-likeness (QED) is 0.694. The Morgan fingerprint density at radius 1 is 1.33 bits per heavy atom. The molecular formula is C8H16ClNO2. The monoisotopic (exact) mass is 193 g/mol. The van der Waals surface area contributed by atoms with Crippen molar-refractivity contribution in [2.24, 2.45) is 17.6 Å². The largest absolute Gasteiger partial charge is 0.481 e. The fraction of sp³-hybridized carbons (Fsp3) is 0.875. The molecule has 1 rings (SSSR count). The molecule has 0 aromatic heterocycles. The second-order valence-electron chi connectivity index (χ2n) is 3.29. The molecule has 1 aliphatic rings. The number of carbonyl (C=O) groups is 1. The summed E-state index contributed by atoms with van der Waals surface area (Å²) in [5.41, 5.74) is 5.48. The van der Waals surface area contributed by atoms with Crippen molar-refractivity contribution in [3.63, 3.8) is 0 Å². The van der Waals surface area contributed by atoms with Crippen LogP contribution in [0.5, 0.6) is 0 Å². The van der Waals surface area contributed by atoms with E-state index in [1.807, 2.05) is 0 Å². The van der Waals surface area contributed by atoms with Crippen LogP contribution in [-0.2, 0) is 4.79 Å². The lowest BCUT2D eigenvalue weighted by atomic mass is 9.82. The van der Waals surface area contributed by atoms with Gasteiger partial charge in [-0.05, 0) is 38.1 Å². The fourth-order valence-corrected chi connectivity index (χ4v) is 1.65. The third kappa shape index (κ3) is 2.99. The summed E-state index contributed by atoms with van der Waals surface area (Å²) >= 11 is 0. The maximum absolute atomic E-state index is 10.5. The van der Waals surface area contributed by atoms with Gasteiger partial charge in [0.2, 0.25) is 0 Å². The molecule has 3 N–H and O–H groups in total. The number of rotatable bonds is 2. The summed E-state index contributed by atoms with van der Waals surface area (Å²) < 4.78 is 0. The van der Waals surface area contributed by atoms with Crippen molar-refractivity contribution >= 4 is 18.4 Å². The maximum Gasteiger partial charge on any atom is 0.306 e. The van der Waals surface area contributed by atoms with Gasteiger partial charge >= 0.3 is 5.97 Å². The van der Waals surface area contributed by atoms with Gasteiger partial charge in [0, 0.05) is 0 Å². The smallest absolute Gasteiger partial charge is 0.306 e. The highest BCUT2D eigenvalue weighted by Gasteiger charge is 2.24. The molecule has 0 radical (unpaired) electrons. The molecular weight excluding hydrogens is 178 g/mol. The van der Waals surface area contributed by atoms with Gasteiger partial charge in [0.1, 0.15) is 0 Å². The van der Waals surface area contributed by atoms with E-state index in [1.54, 1.807) is 0 Å². The molecule has 0 aliphatic heterocycles. The second kappa shape index (κ2) is 5.38. The van der Waals surface area contributed by atoms with Crippen LogP contribution in [0.1, 0.15) is 25.7 Å². The molecule has 0 aromatic rings. The van der Waals surface area contributed by atoms with Crippen molar-refractivity contribution in [3.05, 3.63) is 0 Å². The van der Waals surface area contributed by atoms with E-state index < -0.39 is 5.97 Å². The molecule has 0 bridgehead atoms. The number of carboxylic acid groups (broad SMARTS) is 1. The van der Waals surface area contributed by atoms with Gasteiger partial charge in [-0.3, -0.25) is 4.79 Å². The van der Waals surface area contributed by atoms with Crippen molar-refractivity contribution in [2.45, 2.75) is 25.7 Å². The van der Waals surface area contributed by atoms with Crippen LogP contribution in [-0.4, -0.2) is 17.6 Å². The zero-order valence-electron chi connectivity index (χ0n) is 7.03. The zero-order valence-corrected chi connectivity index (χ0v) is 7.85. The molecule has 0 heterocycles. The van der Waals surface area contributed by atoms with Crippen LogP contribution in [0, 0.1) is 11.8 Å². The van der Waals surface area contributed by atoms with Crippen molar-refractivity contribution in [2.75, 3.05) is 6.54 Å². The SMILES string of the molecule is Cl.NCC1CCC(C(=O)O)CC1. The van der Waals surface area contributed by atoms with Crippen LogP contribution < -0.4 is 5.73 Å². The Morgan fingerprint density at radius 3 is 2.17 bits per heavy atom. The van der Waals surface area contributed by atoms with E-state index in [9.17, 15) is 4.79 Å². The van der Waals surface area contributed by atoms with Crippen LogP contribution in [0.4, 0.5) is 0 Å². The van der Waals surface area contributed by atoms with Gasteiger partial charge < -0.3 is 10.8 Å². The van der Waals surface area contributed by atoms with Crippen LogP contribution in [0.3, 0.4) is 0 Å². The Balaban J connectivity index is 0.00000121. The molecule has 0 amide bonds. The van der Waals surface area contributed by atoms with Crippen LogP contribution in [0.2, 0.25) is 0 Å². The number of halogens is 1. The van der Waals surface area contributed by atoms with Crippen molar-refractivity contribution in [3.8, 4) is 0 Å². The lowest BCUT2D eigenvalue weighted by molar-refractivity contribution is -0.143. The van der Waals surface area contributed by atoms with Gasteiger partial charge in [0.05, 0.1) is 5.92 Å².